The summed E-state index contributed by atoms with van der Waals surface area (Å²) >= 11 is 0. The van der Waals surface area contributed by atoms with E-state index >= 15 is 0 Å². The fraction of sp³-hybridized carbons (Fsp3) is 0.693. The first-order valence-electron chi connectivity index (χ1n) is 34.0. The Balaban J connectivity index is 4.37. The molecule has 6 heteroatoms. The second-order valence-electron chi connectivity index (χ2n) is 22.4. The largest absolute Gasteiger partial charge is 0.462 e. The predicted molar refractivity (Wildman–Crippen MR) is 353 cm³/mol. The van der Waals surface area contributed by atoms with Gasteiger partial charge >= 0.3 is 17.9 Å². The number of hydrogen-bond acceptors (Lipinski definition) is 6. The molecular formula is C75H126O6. The summed E-state index contributed by atoms with van der Waals surface area (Å²) in [7, 11) is 0. The van der Waals surface area contributed by atoms with Crippen LogP contribution in [-0.4, -0.2) is 37.2 Å². The molecule has 0 saturated carbocycles. The van der Waals surface area contributed by atoms with Crippen LogP contribution in [-0.2, 0) is 28.6 Å². The first-order chi connectivity index (χ1) is 40.0. The van der Waals surface area contributed by atoms with E-state index in [9.17, 15) is 14.4 Å². The standard InChI is InChI=1S/C75H126O6/c1-4-7-10-13-16-19-22-25-28-30-31-32-33-34-35-36-37-38-39-40-41-42-43-44-45-46-48-50-53-56-59-62-65-68-74(77)80-71-72(70-79-73(76)67-64-61-58-55-52-49-27-24-21-18-15-12-9-6-3)81-75(78)69-66-63-60-57-54-51-47-29-26-23-20-17-14-11-8-5-2/h7,10,16,19,25,28,31-32,34-35,37-38,40-41,43-44,46,48,53,56,72H,4-6,8-9,11-15,17-18,20-24,26-27,29-30,33,36,39,42,45,47,49-52,54-55,57-71H2,1-3H3/b10-7-,19-16-,28-25-,32-31-,35-34-,38-37-,41-40-,44-43-,48-46-,56-53-. The minimum Gasteiger partial charge on any atom is -0.462 e. The Kier molecular flexibility index (Phi) is 64.8. The molecule has 0 aromatic heterocycles. The van der Waals surface area contributed by atoms with Gasteiger partial charge in [0.15, 0.2) is 6.10 Å². The molecule has 0 saturated heterocycles. The fourth-order valence-electron chi connectivity index (χ4n) is 9.41. The topological polar surface area (TPSA) is 78.9 Å². The summed E-state index contributed by atoms with van der Waals surface area (Å²) < 4.78 is 16.9. The molecule has 6 nitrogen and oxygen atoms in total. The second kappa shape index (κ2) is 68.3. The highest BCUT2D eigenvalue weighted by Gasteiger charge is 2.19. The number of esters is 3. The van der Waals surface area contributed by atoms with Crippen LogP contribution in [0.4, 0.5) is 0 Å². The Labute approximate surface area is 501 Å². The number of rotatable bonds is 61. The van der Waals surface area contributed by atoms with Crippen LogP contribution in [0, 0.1) is 0 Å². The van der Waals surface area contributed by atoms with Crippen LogP contribution in [0.1, 0.15) is 316 Å². The first kappa shape index (κ1) is 76.8. The van der Waals surface area contributed by atoms with Crippen molar-refractivity contribution in [2.24, 2.45) is 0 Å². The zero-order valence-electron chi connectivity index (χ0n) is 53.0. The summed E-state index contributed by atoms with van der Waals surface area (Å²) in [6.07, 6.45) is 95.0. The fourth-order valence-corrected chi connectivity index (χ4v) is 9.41. The lowest BCUT2D eigenvalue weighted by Gasteiger charge is -2.18. The lowest BCUT2D eigenvalue weighted by molar-refractivity contribution is -0.167. The summed E-state index contributed by atoms with van der Waals surface area (Å²) in [4.78, 5) is 38.3. The highest BCUT2D eigenvalue weighted by atomic mass is 16.6. The average Bonchev–Trinajstić information content (AvgIpc) is 3.47. The maximum Gasteiger partial charge on any atom is 0.306 e. The Bertz CT molecular complexity index is 1670. The van der Waals surface area contributed by atoms with Gasteiger partial charge in [0.2, 0.25) is 0 Å². The van der Waals surface area contributed by atoms with E-state index in [1.165, 1.54) is 154 Å². The van der Waals surface area contributed by atoms with E-state index in [2.05, 4.69) is 142 Å². The monoisotopic (exact) mass is 1120 g/mol. The van der Waals surface area contributed by atoms with Crippen molar-refractivity contribution in [3.63, 3.8) is 0 Å². The van der Waals surface area contributed by atoms with Crippen LogP contribution < -0.4 is 0 Å². The zero-order valence-corrected chi connectivity index (χ0v) is 53.0. The van der Waals surface area contributed by atoms with Gasteiger partial charge in [0, 0.05) is 19.3 Å². The molecule has 462 valence electrons. The van der Waals surface area contributed by atoms with Crippen LogP contribution in [0.25, 0.3) is 0 Å². The highest BCUT2D eigenvalue weighted by molar-refractivity contribution is 5.71. The Morgan fingerprint density at radius 2 is 0.481 bits per heavy atom. The number of ether oxygens (including phenoxy) is 3. The van der Waals surface area contributed by atoms with E-state index in [4.69, 9.17) is 14.2 Å². The average molecular weight is 1120 g/mol. The summed E-state index contributed by atoms with van der Waals surface area (Å²) in [5, 5.41) is 0. The van der Waals surface area contributed by atoms with Crippen LogP contribution in [0.3, 0.4) is 0 Å². The van der Waals surface area contributed by atoms with Gasteiger partial charge in [-0.1, -0.05) is 322 Å². The molecule has 0 amide bonds. The molecular weight excluding hydrogens is 997 g/mol. The Morgan fingerprint density at radius 3 is 0.753 bits per heavy atom. The molecule has 0 aliphatic carbocycles. The molecule has 0 bridgehead atoms. The quantitative estimate of drug-likeness (QED) is 0.0261. The molecule has 0 spiro atoms. The minimum absolute atomic E-state index is 0.0887. The van der Waals surface area contributed by atoms with Gasteiger partial charge in [-0.05, 0) is 96.3 Å². The SMILES string of the molecule is CC/C=C\C/C=C\C/C=C\C/C=C\C/C=C\C/C=C\C/C=C\C/C=C\C/C=C\C/C=C\CCCCC(=O)OCC(COC(=O)CCCCCCCCCCCCCCCC)OC(=O)CCCCCCCCCCCCCCCCCC. The number of carbonyl (C=O) groups excluding carboxylic acids is 3. The summed E-state index contributed by atoms with van der Waals surface area (Å²) in [5.41, 5.74) is 0. The van der Waals surface area contributed by atoms with Gasteiger partial charge in [-0.2, -0.15) is 0 Å². The van der Waals surface area contributed by atoms with E-state index in [-0.39, 0.29) is 31.1 Å². The van der Waals surface area contributed by atoms with Gasteiger partial charge in [-0.15, -0.1) is 0 Å². The van der Waals surface area contributed by atoms with E-state index in [0.717, 1.165) is 122 Å². The maximum absolute atomic E-state index is 12.9. The van der Waals surface area contributed by atoms with Gasteiger partial charge in [-0.25, -0.2) is 0 Å². The summed E-state index contributed by atoms with van der Waals surface area (Å²) in [6.45, 7) is 6.52. The third-order valence-electron chi connectivity index (χ3n) is 14.5. The van der Waals surface area contributed by atoms with E-state index in [0.29, 0.717) is 19.3 Å². The molecule has 0 aliphatic rings. The molecule has 81 heavy (non-hydrogen) atoms. The molecule has 1 atom stereocenters. The Hall–Kier alpha value is -4.19. The predicted octanol–water partition coefficient (Wildman–Crippen LogP) is 23.6. The van der Waals surface area contributed by atoms with Crippen molar-refractivity contribution in [1.82, 2.24) is 0 Å². The van der Waals surface area contributed by atoms with Gasteiger partial charge in [-0.3, -0.25) is 14.4 Å². The molecule has 0 fully saturated rings. The summed E-state index contributed by atoms with van der Waals surface area (Å²) in [6, 6.07) is 0. The number of allylic oxidation sites excluding steroid dienone is 20. The molecule has 0 heterocycles. The first-order valence-corrected chi connectivity index (χ1v) is 34.0. The smallest absolute Gasteiger partial charge is 0.306 e. The molecule has 0 rings (SSSR count). The third kappa shape index (κ3) is 66.5. The van der Waals surface area contributed by atoms with Crippen LogP contribution in [0.5, 0.6) is 0 Å². The van der Waals surface area contributed by atoms with Crippen LogP contribution in [0.15, 0.2) is 122 Å². The minimum atomic E-state index is -0.796. The maximum atomic E-state index is 12.9. The Morgan fingerprint density at radius 1 is 0.259 bits per heavy atom. The van der Waals surface area contributed by atoms with Crippen molar-refractivity contribution in [2.45, 2.75) is 322 Å². The molecule has 1 unspecified atom stereocenters. The lowest BCUT2D eigenvalue weighted by Crippen LogP contribution is -2.30. The molecule has 0 N–H and O–H groups in total. The molecule has 0 aromatic carbocycles. The van der Waals surface area contributed by atoms with Crippen LogP contribution in [0.2, 0.25) is 0 Å². The molecule has 0 aliphatic heterocycles. The zero-order chi connectivity index (χ0) is 58.5. The number of hydrogen-bond donors (Lipinski definition) is 0. The van der Waals surface area contributed by atoms with E-state index < -0.39 is 6.10 Å². The lowest BCUT2D eigenvalue weighted by atomic mass is 10.0. The van der Waals surface area contributed by atoms with E-state index in [1.807, 2.05) is 0 Å². The van der Waals surface area contributed by atoms with E-state index in [1.54, 1.807) is 0 Å². The van der Waals surface area contributed by atoms with Crippen LogP contribution >= 0.6 is 0 Å². The second-order valence-corrected chi connectivity index (χ2v) is 22.4. The van der Waals surface area contributed by atoms with Crippen molar-refractivity contribution in [2.75, 3.05) is 13.2 Å². The van der Waals surface area contributed by atoms with Crippen molar-refractivity contribution in [3.8, 4) is 0 Å². The number of unbranched alkanes of at least 4 members (excludes halogenated alkanes) is 30. The van der Waals surface area contributed by atoms with Gasteiger partial charge in [0.25, 0.3) is 0 Å². The summed E-state index contributed by atoms with van der Waals surface area (Å²) in [5.74, 6) is -0.922. The van der Waals surface area contributed by atoms with Gasteiger partial charge in [0.1, 0.15) is 13.2 Å². The van der Waals surface area contributed by atoms with Crippen molar-refractivity contribution in [1.29, 1.82) is 0 Å². The highest BCUT2D eigenvalue weighted by Crippen LogP contribution is 2.17. The normalized spacial score (nSPS) is 12.9. The van der Waals surface area contributed by atoms with Crippen molar-refractivity contribution >= 4 is 17.9 Å². The van der Waals surface area contributed by atoms with Crippen molar-refractivity contribution in [3.05, 3.63) is 122 Å². The third-order valence-corrected chi connectivity index (χ3v) is 14.5. The molecule has 0 aromatic rings. The molecule has 0 radical (unpaired) electrons. The van der Waals surface area contributed by atoms with Crippen molar-refractivity contribution < 1.29 is 28.6 Å². The van der Waals surface area contributed by atoms with Gasteiger partial charge in [0.05, 0.1) is 0 Å². The van der Waals surface area contributed by atoms with Gasteiger partial charge < -0.3 is 14.2 Å². The number of carbonyl (C=O) groups is 3.